The van der Waals surface area contributed by atoms with Crippen LogP contribution in [0.2, 0.25) is 0 Å². The Morgan fingerprint density at radius 2 is 1.71 bits per heavy atom. The van der Waals surface area contributed by atoms with Crippen LogP contribution in [0.25, 0.3) is 10.8 Å². The quantitative estimate of drug-likeness (QED) is 0.240. The number of aryl methyl sites for hydroxylation is 2. The maximum atomic E-state index is 11.1. The molecule has 0 amide bonds. The van der Waals surface area contributed by atoms with Gasteiger partial charge in [-0.3, -0.25) is 4.79 Å². The highest BCUT2D eigenvalue weighted by atomic mass is 16.4. The van der Waals surface area contributed by atoms with Crippen molar-refractivity contribution in [2.75, 3.05) is 0 Å². The second-order valence-electron chi connectivity index (χ2n) is 9.09. The predicted octanol–water partition coefficient (Wildman–Crippen LogP) is 4.86. The Hall–Kier alpha value is -3.58. The molecule has 2 atom stereocenters. The number of nitrogens with one attached hydrogen (secondary N) is 1. The molecule has 0 spiro atoms. The van der Waals surface area contributed by atoms with E-state index in [2.05, 4.69) is 75.2 Å². The zero-order valence-electron chi connectivity index (χ0n) is 19.8. The molecule has 0 saturated carbocycles. The number of fused-ring (bicyclic) bond motifs is 1. The molecular formula is C28H32N4O3. The van der Waals surface area contributed by atoms with Crippen molar-refractivity contribution >= 4 is 16.7 Å². The average Bonchev–Trinajstić information content (AvgIpc) is 3.39. The Kier molecular flexibility index (Phi) is 8.57. The second kappa shape index (κ2) is 12.2. The molecule has 2 unspecified atom stereocenters. The van der Waals surface area contributed by atoms with E-state index in [0.29, 0.717) is 12.2 Å². The highest BCUT2D eigenvalue weighted by molar-refractivity contribution is 5.87. The van der Waals surface area contributed by atoms with Crippen LogP contribution in [0.5, 0.6) is 0 Å². The summed E-state index contributed by atoms with van der Waals surface area (Å²) in [7, 11) is 0. The van der Waals surface area contributed by atoms with Crippen molar-refractivity contribution in [1.29, 1.82) is 0 Å². The first-order valence-corrected chi connectivity index (χ1v) is 12.3. The molecule has 0 aliphatic heterocycles. The number of hydrogen-bond donors (Lipinski definition) is 3. The van der Waals surface area contributed by atoms with Gasteiger partial charge in [-0.1, -0.05) is 78.4 Å². The van der Waals surface area contributed by atoms with Crippen LogP contribution in [-0.2, 0) is 24.1 Å². The van der Waals surface area contributed by atoms with E-state index in [1.807, 2.05) is 12.1 Å². The molecular weight excluding hydrogens is 440 g/mol. The summed E-state index contributed by atoms with van der Waals surface area (Å²) < 4.78 is 0. The van der Waals surface area contributed by atoms with Gasteiger partial charge in [-0.25, -0.2) is 0 Å². The first-order valence-electron chi connectivity index (χ1n) is 12.3. The minimum atomic E-state index is -0.921. The molecule has 0 fully saturated rings. The number of hydrogen-bond acceptors (Lipinski definition) is 5. The summed E-state index contributed by atoms with van der Waals surface area (Å²) >= 11 is 0. The third-order valence-corrected chi connectivity index (χ3v) is 6.56. The average molecular weight is 473 g/mol. The van der Waals surface area contributed by atoms with Crippen molar-refractivity contribution in [2.45, 2.75) is 63.4 Å². The van der Waals surface area contributed by atoms with Crippen LogP contribution >= 0.6 is 0 Å². The number of benzene rings is 3. The molecule has 0 saturated heterocycles. The van der Waals surface area contributed by atoms with Crippen molar-refractivity contribution in [3.05, 3.63) is 89.2 Å². The molecule has 3 aromatic carbocycles. The monoisotopic (exact) mass is 472 g/mol. The van der Waals surface area contributed by atoms with Crippen LogP contribution in [0.3, 0.4) is 0 Å². The van der Waals surface area contributed by atoms with Gasteiger partial charge in [0.15, 0.2) is 5.82 Å². The zero-order valence-corrected chi connectivity index (χ0v) is 19.8. The standard InChI is InChI=1S/C28H32N4O3/c33-26(16-17-28(34)35)25(19-27-29-31-32-30-27)23-13-7-12-22-15-14-21(18-24(22)23)11-6-2-5-10-20-8-3-1-4-9-20/h1,3-4,7-9,12-15,18,25-26,33H,2,5-6,10-11,16-17,19H2,(H,34,35)(H,29,30,31,32). The van der Waals surface area contributed by atoms with Gasteiger partial charge in [0.25, 0.3) is 0 Å². The van der Waals surface area contributed by atoms with Gasteiger partial charge in [0.05, 0.1) is 6.10 Å². The number of nitrogens with zero attached hydrogens (tertiary/aromatic N) is 3. The number of H-pyrrole nitrogens is 1. The van der Waals surface area contributed by atoms with E-state index in [4.69, 9.17) is 5.11 Å². The molecule has 0 bridgehead atoms. The number of rotatable bonds is 13. The Morgan fingerprint density at radius 3 is 2.46 bits per heavy atom. The molecule has 7 heteroatoms. The summed E-state index contributed by atoms with van der Waals surface area (Å²) in [6, 6.07) is 23.2. The first kappa shape index (κ1) is 24.5. The van der Waals surface area contributed by atoms with E-state index in [0.717, 1.165) is 35.6 Å². The van der Waals surface area contributed by atoms with Crippen LogP contribution in [0.4, 0.5) is 0 Å². The van der Waals surface area contributed by atoms with Crippen LogP contribution in [-0.4, -0.2) is 42.9 Å². The highest BCUT2D eigenvalue weighted by Gasteiger charge is 2.25. The number of carboxylic acid groups (broad SMARTS) is 1. The van der Waals surface area contributed by atoms with Gasteiger partial charge < -0.3 is 10.2 Å². The van der Waals surface area contributed by atoms with E-state index in [-0.39, 0.29) is 18.8 Å². The summed E-state index contributed by atoms with van der Waals surface area (Å²) in [6.07, 6.45) is 5.17. The van der Waals surface area contributed by atoms with Crippen molar-refractivity contribution in [3.8, 4) is 0 Å². The Bertz CT molecular complexity index is 1210. The highest BCUT2D eigenvalue weighted by Crippen LogP contribution is 2.32. The topological polar surface area (TPSA) is 112 Å². The lowest BCUT2D eigenvalue weighted by molar-refractivity contribution is -0.137. The number of aliphatic hydroxyl groups excluding tert-OH is 1. The number of carbonyl (C=O) groups is 1. The Morgan fingerprint density at radius 1 is 0.914 bits per heavy atom. The number of aliphatic hydroxyl groups is 1. The maximum absolute atomic E-state index is 11.1. The van der Waals surface area contributed by atoms with E-state index < -0.39 is 12.1 Å². The minimum Gasteiger partial charge on any atom is -0.481 e. The fourth-order valence-electron chi connectivity index (χ4n) is 4.69. The van der Waals surface area contributed by atoms with Crippen molar-refractivity contribution < 1.29 is 15.0 Å². The number of aromatic amines is 1. The lowest BCUT2D eigenvalue weighted by Crippen LogP contribution is -2.22. The van der Waals surface area contributed by atoms with Crippen molar-refractivity contribution in [2.24, 2.45) is 0 Å². The maximum Gasteiger partial charge on any atom is 0.303 e. The molecule has 4 aromatic rings. The molecule has 35 heavy (non-hydrogen) atoms. The van der Waals surface area contributed by atoms with E-state index in [1.165, 1.54) is 24.0 Å². The SMILES string of the molecule is O=C(O)CCC(O)C(Cc1nn[nH]n1)c1cccc2ccc(CCCCCc3ccccc3)cc12. The molecule has 0 aliphatic carbocycles. The normalized spacial score (nSPS) is 13.1. The smallest absolute Gasteiger partial charge is 0.303 e. The van der Waals surface area contributed by atoms with Gasteiger partial charge in [-0.05, 0) is 59.6 Å². The fourth-order valence-corrected chi connectivity index (χ4v) is 4.69. The van der Waals surface area contributed by atoms with Gasteiger partial charge in [0.2, 0.25) is 0 Å². The Labute approximate surface area is 205 Å². The number of aliphatic carboxylic acids is 1. The van der Waals surface area contributed by atoms with Gasteiger partial charge in [0, 0.05) is 18.8 Å². The molecule has 7 nitrogen and oxygen atoms in total. The number of aromatic nitrogens is 4. The molecule has 182 valence electrons. The number of tetrazole rings is 1. The summed E-state index contributed by atoms with van der Waals surface area (Å²) in [4.78, 5) is 11.1. The van der Waals surface area contributed by atoms with Crippen molar-refractivity contribution in [3.63, 3.8) is 0 Å². The zero-order chi connectivity index (χ0) is 24.5. The lowest BCUT2D eigenvalue weighted by Gasteiger charge is -2.24. The summed E-state index contributed by atoms with van der Waals surface area (Å²) in [6.45, 7) is 0. The summed E-state index contributed by atoms with van der Waals surface area (Å²) in [5, 5.41) is 36.5. The third-order valence-electron chi connectivity index (χ3n) is 6.56. The molecule has 1 heterocycles. The van der Waals surface area contributed by atoms with Crippen LogP contribution in [0, 0.1) is 0 Å². The second-order valence-corrected chi connectivity index (χ2v) is 9.09. The number of carboxylic acids is 1. The Balaban J connectivity index is 1.49. The molecule has 0 aliphatic rings. The van der Waals surface area contributed by atoms with Gasteiger partial charge in [0.1, 0.15) is 0 Å². The molecule has 0 radical (unpaired) electrons. The van der Waals surface area contributed by atoms with Gasteiger partial charge >= 0.3 is 5.97 Å². The molecule has 3 N–H and O–H groups in total. The third kappa shape index (κ3) is 6.96. The van der Waals surface area contributed by atoms with Gasteiger partial charge in [-0.2, -0.15) is 5.21 Å². The van der Waals surface area contributed by atoms with E-state index >= 15 is 0 Å². The lowest BCUT2D eigenvalue weighted by atomic mass is 9.84. The number of unbranched alkanes of at least 4 members (excludes halogenated alkanes) is 2. The molecule has 4 rings (SSSR count). The first-order chi connectivity index (χ1) is 17.1. The van der Waals surface area contributed by atoms with Crippen LogP contribution in [0.15, 0.2) is 66.7 Å². The predicted molar refractivity (Wildman–Crippen MR) is 135 cm³/mol. The largest absolute Gasteiger partial charge is 0.481 e. The van der Waals surface area contributed by atoms with E-state index in [9.17, 15) is 9.90 Å². The fraction of sp³-hybridized carbons (Fsp3) is 0.357. The van der Waals surface area contributed by atoms with E-state index in [1.54, 1.807) is 0 Å². The summed E-state index contributed by atoms with van der Waals surface area (Å²) in [5.41, 5.74) is 3.64. The summed E-state index contributed by atoms with van der Waals surface area (Å²) in [5.74, 6) is -0.762. The molecule has 1 aromatic heterocycles. The minimum absolute atomic E-state index is 0.0943. The van der Waals surface area contributed by atoms with Crippen LogP contribution in [0.1, 0.15) is 60.5 Å². The van der Waals surface area contributed by atoms with Crippen LogP contribution < -0.4 is 0 Å². The van der Waals surface area contributed by atoms with Crippen molar-refractivity contribution in [1.82, 2.24) is 20.6 Å². The van der Waals surface area contributed by atoms with Gasteiger partial charge in [-0.15, -0.1) is 10.2 Å².